The quantitative estimate of drug-likeness (QED) is 0.639. The van der Waals surface area contributed by atoms with Crippen molar-refractivity contribution >= 4 is 0 Å². The fraction of sp³-hybridized carbons (Fsp3) is 0.429. The Balaban J connectivity index is 2.13. The molecule has 2 N–H and O–H groups in total. The molecule has 0 radical (unpaired) electrons. The highest BCUT2D eigenvalue weighted by Crippen LogP contribution is 2.44. The zero-order valence-electron chi connectivity index (χ0n) is 8.95. The van der Waals surface area contributed by atoms with Crippen LogP contribution >= 0.6 is 0 Å². The van der Waals surface area contributed by atoms with Crippen LogP contribution in [0.4, 0.5) is 0 Å². The van der Waals surface area contributed by atoms with Crippen LogP contribution in [0.1, 0.15) is 30.4 Å². The summed E-state index contributed by atoms with van der Waals surface area (Å²) < 4.78 is 0. The first-order chi connectivity index (χ1) is 7.31. The van der Waals surface area contributed by atoms with Crippen molar-refractivity contribution in [3.8, 4) is 0 Å². The zero-order chi connectivity index (χ0) is 10.3. The molecule has 0 aromatic heterocycles. The fourth-order valence-electron chi connectivity index (χ4n) is 3.14. The van der Waals surface area contributed by atoms with E-state index in [-0.39, 0.29) is 5.54 Å². The number of fused-ring (bicyclic) bond motifs is 3. The Bertz CT molecular complexity index is 408. The van der Waals surface area contributed by atoms with Gasteiger partial charge in [0.2, 0.25) is 0 Å². The van der Waals surface area contributed by atoms with Gasteiger partial charge in [-0.1, -0.05) is 36.4 Å². The molecule has 0 amide bonds. The first kappa shape index (κ1) is 9.17. The largest absolute Gasteiger partial charge is 0.321 e. The monoisotopic (exact) mass is 199 g/mol. The van der Waals surface area contributed by atoms with Crippen LogP contribution in [-0.4, -0.2) is 0 Å². The smallest absolute Gasteiger partial charge is 0.0478 e. The lowest BCUT2D eigenvalue weighted by Crippen LogP contribution is -2.48. The van der Waals surface area contributed by atoms with E-state index in [9.17, 15) is 0 Å². The van der Waals surface area contributed by atoms with Gasteiger partial charge in [-0.15, -0.1) is 0 Å². The number of rotatable bonds is 0. The van der Waals surface area contributed by atoms with Gasteiger partial charge in [-0.05, 0) is 42.7 Å². The molecule has 0 heterocycles. The van der Waals surface area contributed by atoms with Gasteiger partial charge in [-0.25, -0.2) is 0 Å². The van der Waals surface area contributed by atoms with Crippen molar-refractivity contribution in [1.82, 2.24) is 0 Å². The van der Waals surface area contributed by atoms with E-state index in [1.165, 1.54) is 24.0 Å². The Morgan fingerprint density at radius 3 is 3.00 bits per heavy atom. The molecule has 15 heavy (non-hydrogen) atoms. The van der Waals surface area contributed by atoms with E-state index in [1.54, 1.807) is 0 Å². The van der Waals surface area contributed by atoms with E-state index in [4.69, 9.17) is 5.73 Å². The highest BCUT2D eigenvalue weighted by Gasteiger charge is 2.40. The van der Waals surface area contributed by atoms with Gasteiger partial charge in [-0.3, -0.25) is 0 Å². The molecule has 0 bridgehead atoms. The second kappa shape index (κ2) is 3.21. The second-order valence-electron chi connectivity index (χ2n) is 4.84. The van der Waals surface area contributed by atoms with E-state index in [2.05, 4.69) is 36.4 Å². The first-order valence-electron chi connectivity index (χ1n) is 5.83. The van der Waals surface area contributed by atoms with Crippen molar-refractivity contribution in [2.75, 3.05) is 0 Å². The van der Waals surface area contributed by atoms with Crippen LogP contribution in [0.15, 0.2) is 36.4 Å². The van der Waals surface area contributed by atoms with Gasteiger partial charge >= 0.3 is 0 Å². The summed E-state index contributed by atoms with van der Waals surface area (Å²) in [7, 11) is 0. The van der Waals surface area contributed by atoms with E-state index in [0.717, 1.165) is 12.8 Å². The molecular weight excluding hydrogens is 182 g/mol. The van der Waals surface area contributed by atoms with Crippen molar-refractivity contribution in [2.45, 2.75) is 31.2 Å². The van der Waals surface area contributed by atoms with Crippen molar-refractivity contribution in [2.24, 2.45) is 11.7 Å². The molecule has 1 heteroatoms. The molecule has 78 valence electrons. The third-order valence-electron chi connectivity index (χ3n) is 4.05. The number of hydrogen-bond donors (Lipinski definition) is 1. The Hall–Kier alpha value is -1.08. The highest BCUT2D eigenvalue weighted by atomic mass is 14.8. The average Bonchev–Trinajstić information content (AvgIpc) is 2.29. The van der Waals surface area contributed by atoms with Crippen LogP contribution < -0.4 is 5.73 Å². The average molecular weight is 199 g/mol. The first-order valence-corrected chi connectivity index (χ1v) is 5.83. The van der Waals surface area contributed by atoms with Crippen LogP contribution in [0.25, 0.3) is 0 Å². The number of hydrogen-bond acceptors (Lipinski definition) is 1. The van der Waals surface area contributed by atoms with Crippen LogP contribution in [0.5, 0.6) is 0 Å². The number of benzene rings is 1. The second-order valence-corrected chi connectivity index (χ2v) is 4.84. The van der Waals surface area contributed by atoms with Crippen LogP contribution in [-0.2, 0) is 12.0 Å². The maximum atomic E-state index is 6.62. The van der Waals surface area contributed by atoms with Crippen LogP contribution in [0.2, 0.25) is 0 Å². The fourth-order valence-corrected chi connectivity index (χ4v) is 3.14. The van der Waals surface area contributed by atoms with Gasteiger partial charge in [0.05, 0.1) is 0 Å². The van der Waals surface area contributed by atoms with E-state index < -0.39 is 0 Å². The lowest BCUT2D eigenvalue weighted by atomic mass is 9.65. The molecule has 2 aliphatic carbocycles. The lowest BCUT2D eigenvalue weighted by molar-refractivity contribution is 0.232. The minimum Gasteiger partial charge on any atom is -0.321 e. The van der Waals surface area contributed by atoms with Gasteiger partial charge < -0.3 is 5.73 Å². The number of aryl methyl sites for hydroxylation is 1. The SMILES string of the molecule is N[C@@]12CC=CC[C@@H]1CCc1ccccc12. The number of nitrogens with two attached hydrogens (primary N) is 1. The molecule has 0 spiro atoms. The number of allylic oxidation sites excluding steroid dienone is 1. The zero-order valence-corrected chi connectivity index (χ0v) is 8.95. The molecule has 0 saturated carbocycles. The van der Waals surface area contributed by atoms with E-state index >= 15 is 0 Å². The van der Waals surface area contributed by atoms with Gasteiger partial charge in [0, 0.05) is 5.54 Å². The standard InChI is InChI=1S/C14H17N/c15-14-10-4-3-6-12(14)9-8-11-5-1-2-7-13(11)14/h1-5,7,12H,6,8-10,15H2/t12-,14+/m1/s1. The molecule has 1 aromatic rings. The molecule has 0 aliphatic heterocycles. The van der Waals surface area contributed by atoms with Crippen LogP contribution in [0, 0.1) is 5.92 Å². The summed E-state index contributed by atoms with van der Waals surface area (Å²) in [5.74, 6) is 0.650. The van der Waals surface area contributed by atoms with E-state index in [1.807, 2.05) is 0 Å². The third-order valence-corrected chi connectivity index (χ3v) is 4.05. The summed E-state index contributed by atoms with van der Waals surface area (Å²) in [4.78, 5) is 0. The molecule has 2 atom stereocenters. The maximum absolute atomic E-state index is 6.62. The lowest BCUT2D eigenvalue weighted by Gasteiger charge is -2.44. The predicted octanol–water partition coefficient (Wildman–Crippen LogP) is 2.75. The minimum absolute atomic E-state index is 0.0798. The maximum Gasteiger partial charge on any atom is 0.0478 e. The van der Waals surface area contributed by atoms with Crippen LogP contribution in [0.3, 0.4) is 0 Å². The highest BCUT2D eigenvalue weighted by molar-refractivity contribution is 5.38. The van der Waals surface area contributed by atoms with Crippen molar-refractivity contribution < 1.29 is 0 Å². The van der Waals surface area contributed by atoms with Crippen molar-refractivity contribution in [1.29, 1.82) is 0 Å². The minimum atomic E-state index is -0.0798. The predicted molar refractivity (Wildman–Crippen MR) is 62.5 cm³/mol. The summed E-state index contributed by atoms with van der Waals surface area (Å²) in [5.41, 5.74) is 9.40. The summed E-state index contributed by atoms with van der Waals surface area (Å²) >= 11 is 0. The Morgan fingerprint density at radius 1 is 1.20 bits per heavy atom. The van der Waals surface area contributed by atoms with Gasteiger partial charge in [0.25, 0.3) is 0 Å². The molecule has 2 aliphatic rings. The molecule has 0 fully saturated rings. The van der Waals surface area contributed by atoms with Gasteiger partial charge in [0.1, 0.15) is 0 Å². The molecule has 0 unspecified atom stereocenters. The molecule has 1 nitrogen and oxygen atoms in total. The van der Waals surface area contributed by atoms with Gasteiger partial charge in [-0.2, -0.15) is 0 Å². The summed E-state index contributed by atoms with van der Waals surface area (Å²) in [6.07, 6.45) is 9.16. The molecule has 3 rings (SSSR count). The Labute approximate surface area is 91.0 Å². The van der Waals surface area contributed by atoms with Crippen molar-refractivity contribution in [3.05, 3.63) is 47.5 Å². The molecular formula is C14H17N. The van der Waals surface area contributed by atoms with E-state index in [0.29, 0.717) is 5.92 Å². The Morgan fingerprint density at radius 2 is 2.07 bits per heavy atom. The summed E-state index contributed by atoms with van der Waals surface area (Å²) in [6.45, 7) is 0. The van der Waals surface area contributed by atoms with Crippen molar-refractivity contribution in [3.63, 3.8) is 0 Å². The molecule has 0 saturated heterocycles. The third kappa shape index (κ3) is 1.26. The summed E-state index contributed by atoms with van der Waals surface area (Å²) in [6, 6.07) is 8.70. The summed E-state index contributed by atoms with van der Waals surface area (Å²) in [5, 5.41) is 0. The topological polar surface area (TPSA) is 26.0 Å². The van der Waals surface area contributed by atoms with Gasteiger partial charge in [0.15, 0.2) is 0 Å². The molecule has 1 aromatic carbocycles. The normalized spacial score (nSPS) is 33.3. The Kier molecular flexibility index (Phi) is 1.96.